The Balaban J connectivity index is 2.40. The molecule has 0 amide bonds. The number of nitrogens with zero attached hydrogens (tertiary/aromatic N) is 2. The van der Waals surface area contributed by atoms with Crippen LogP contribution in [0.1, 0.15) is 11.3 Å². The Bertz CT molecular complexity index is 508. The standard InChI is InChI=1S/C14H17N3/c1-11-9-13(7-8-16-11)17(2)14-6-4-3-5-12(14)10-15/h3-9H,10,15H2,1-2H3. The second-order valence-electron chi connectivity index (χ2n) is 4.05. The summed E-state index contributed by atoms with van der Waals surface area (Å²) in [5.41, 5.74) is 10.2. The van der Waals surface area contributed by atoms with Crippen LogP contribution in [0.3, 0.4) is 0 Å². The molecule has 2 rings (SSSR count). The molecule has 0 saturated carbocycles. The van der Waals surface area contributed by atoms with Gasteiger partial charge in [0.15, 0.2) is 0 Å². The molecule has 2 aromatic rings. The first kappa shape index (κ1) is 11.6. The topological polar surface area (TPSA) is 42.1 Å². The lowest BCUT2D eigenvalue weighted by atomic mass is 10.1. The molecule has 0 aliphatic carbocycles. The molecule has 0 bridgehead atoms. The van der Waals surface area contributed by atoms with Crippen molar-refractivity contribution in [2.45, 2.75) is 13.5 Å². The van der Waals surface area contributed by atoms with Gasteiger partial charge in [-0.1, -0.05) is 18.2 Å². The van der Waals surface area contributed by atoms with Crippen LogP contribution in [-0.2, 0) is 6.54 Å². The molecule has 3 nitrogen and oxygen atoms in total. The third-order valence-corrected chi connectivity index (χ3v) is 2.84. The number of pyridine rings is 1. The van der Waals surface area contributed by atoms with Crippen LogP contribution in [0.15, 0.2) is 42.6 Å². The summed E-state index contributed by atoms with van der Waals surface area (Å²) in [6, 6.07) is 12.2. The van der Waals surface area contributed by atoms with Crippen LogP contribution in [0.25, 0.3) is 0 Å². The highest BCUT2D eigenvalue weighted by atomic mass is 15.1. The third-order valence-electron chi connectivity index (χ3n) is 2.84. The number of nitrogens with two attached hydrogens (primary N) is 1. The van der Waals surface area contributed by atoms with Crippen molar-refractivity contribution in [3.05, 3.63) is 53.9 Å². The van der Waals surface area contributed by atoms with Crippen molar-refractivity contribution in [1.82, 2.24) is 4.98 Å². The predicted octanol–water partition coefficient (Wildman–Crippen LogP) is 2.62. The van der Waals surface area contributed by atoms with E-state index in [0.717, 1.165) is 22.6 Å². The van der Waals surface area contributed by atoms with Crippen molar-refractivity contribution < 1.29 is 0 Å². The molecule has 88 valence electrons. The minimum Gasteiger partial charge on any atom is -0.344 e. The van der Waals surface area contributed by atoms with Crippen molar-refractivity contribution in [2.75, 3.05) is 11.9 Å². The number of aromatic nitrogens is 1. The fourth-order valence-corrected chi connectivity index (χ4v) is 1.89. The first-order valence-electron chi connectivity index (χ1n) is 5.66. The molecule has 0 atom stereocenters. The molecule has 3 heteroatoms. The van der Waals surface area contributed by atoms with Gasteiger partial charge < -0.3 is 10.6 Å². The Morgan fingerprint density at radius 3 is 2.71 bits per heavy atom. The highest BCUT2D eigenvalue weighted by molar-refractivity contribution is 5.65. The summed E-state index contributed by atoms with van der Waals surface area (Å²) in [5, 5.41) is 0. The minimum atomic E-state index is 0.546. The van der Waals surface area contributed by atoms with Gasteiger partial charge in [0.25, 0.3) is 0 Å². The normalized spacial score (nSPS) is 10.3. The molecule has 1 aromatic heterocycles. The van der Waals surface area contributed by atoms with Gasteiger partial charge in [0.2, 0.25) is 0 Å². The number of benzene rings is 1. The number of hydrogen-bond acceptors (Lipinski definition) is 3. The highest BCUT2D eigenvalue weighted by Crippen LogP contribution is 2.26. The van der Waals surface area contributed by atoms with Crippen LogP contribution in [0.2, 0.25) is 0 Å². The van der Waals surface area contributed by atoms with Crippen molar-refractivity contribution in [3.8, 4) is 0 Å². The first-order valence-corrected chi connectivity index (χ1v) is 5.66. The number of para-hydroxylation sites is 1. The van der Waals surface area contributed by atoms with E-state index in [0.29, 0.717) is 6.54 Å². The van der Waals surface area contributed by atoms with Crippen LogP contribution >= 0.6 is 0 Å². The fraction of sp³-hybridized carbons (Fsp3) is 0.214. The number of aryl methyl sites for hydroxylation is 1. The summed E-state index contributed by atoms with van der Waals surface area (Å²) in [4.78, 5) is 6.34. The molecule has 0 aliphatic heterocycles. The van der Waals surface area contributed by atoms with E-state index in [1.807, 2.05) is 38.4 Å². The van der Waals surface area contributed by atoms with Gasteiger partial charge in [-0.25, -0.2) is 0 Å². The van der Waals surface area contributed by atoms with E-state index < -0.39 is 0 Å². The van der Waals surface area contributed by atoms with Gasteiger partial charge in [-0.15, -0.1) is 0 Å². The molecular formula is C14H17N3. The van der Waals surface area contributed by atoms with Crippen molar-refractivity contribution in [2.24, 2.45) is 5.73 Å². The van der Waals surface area contributed by atoms with E-state index in [9.17, 15) is 0 Å². The summed E-state index contributed by atoms with van der Waals surface area (Å²) in [6.45, 7) is 2.54. The van der Waals surface area contributed by atoms with Gasteiger partial charge in [0.1, 0.15) is 0 Å². The maximum atomic E-state index is 5.76. The zero-order valence-corrected chi connectivity index (χ0v) is 10.2. The minimum absolute atomic E-state index is 0.546. The van der Waals surface area contributed by atoms with Crippen molar-refractivity contribution >= 4 is 11.4 Å². The summed E-state index contributed by atoms with van der Waals surface area (Å²) in [7, 11) is 2.04. The lowest BCUT2D eigenvalue weighted by molar-refractivity contribution is 1.04. The molecule has 0 spiro atoms. The zero-order valence-electron chi connectivity index (χ0n) is 10.2. The van der Waals surface area contributed by atoms with E-state index in [1.54, 1.807) is 0 Å². The molecule has 0 fully saturated rings. The summed E-state index contributed by atoms with van der Waals surface area (Å²) in [6.07, 6.45) is 1.83. The second kappa shape index (κ2) is 4.97. The zero-order chi connectivity index (χ0) is 12.3. The first-order chi connectivity index (χ1) is 8.22. The molecule has 1 aromatic carbocycles. The van der Waals surface area contributed by atoms with Gasteiger partial charge in [0.05, 0.1) is 0 Å². The van der Waals surface area contributed by atoms with E-state index in [1.165, 1.54) is 0 Å². The highest BCUT2D eigenvalue weighted by Gasteiger charge is 2.07. The van der Waals surface area contributed by atoms with Gasteiger partial charge in [-0.2, -0.15) is 0 Å². The Morgan fingerprint density at radius 2 is 2.00 bits per heavy atom. The van der Waals surface area contributed by atoms with Gasteiger partial charge in [-0.3, -0.25) is 4.98 Å². The van der Waals surface area contributed by atoms with Crippen LogP contribution in [0, 0.1) is 6.92 Å². The number of hydrogen-bond donors (Lipinski definition) is 1. The smallest absolute Gasteiger partial charge is 0.0453 e. The van der Waals surface area contributed by atoms with Crippen LogP contribution in [-0.4, -0.2) is 12.0 Å². The Labute approximate surface area is 102 Å². The number of rotatable bonds is 3. The molecule has 2 N–H and O–H groups in total. The summed E-state index contributed by atoms with van der Waals surface area (Å²) < 4.78 is 0. The van der Waals surface area contributed by atoms with Crippen molar-refractivity contribution in [3.63, 3.8) is 0 Å². The maximum Gasteiger partial charge on any atom is 0.0453 e. The van der Waals surface area contributed by atoms with Gasteiger partial charge in [-0.05, 0) is 30.7 Å². The molecule has 0 saturated heterocycles. The fourth-order valence-electron chi connectivity index (χ4n) is 1.89. The maximum absolute atomic E-state index is 5.76. The lowest BCUT2D eigenvalue weighted by Gasteiger charge is -2.22. The van der Waals surface area contributed by atoms with Gasteiger partial charge >= 0.3 is 0 Å². The Morgan fingerprint density at radius 1 is 1.24 bits per heavy atom. The van der Waals surface area contributed by atoms with Crippen molar-refractivity contribution in [1.29, 1.82) is 0 Å². The molecule has 0 aliphatic rings. The molecule has 17 heavy (non-hydrogen) atoms. The Hall–Kier alpha value is -1.87. The van der Waals surface area contributed by atoms with Crippen LogP contribution in [0.5, 0.6) is 0 Å². The Kier molecular flexibility index (Phi) is 3.40. The average molecular weight is 227 g/mol. The lowest BCUT2D eigenvalue weighted by Crippen LogP contribution is -2.13. The summed E-state index contributed by atoms with van der Waals surface area (Å²) in [5.74, 6) is 0. The quantitative estimate of drug-likeness (QED) is 0.876. The van der Waals surface area contributed by atoms with E-state index in [2.05, 4.69) is 28.1 Å². The number of anilines is 2. The van der Waals surface area contributed by atoms with Gasteiger partial charge in [0, 0.05) is 36.9 Å². The van der Waals surface area contributed by atoms with E-state index in [-0.39, 0.29) is 0 Å². The SMILES string of the molecule is Cc1cc(N(C)c2ccccc2CN)ccn1. The third kappa shape index (κ3) is 2.45. The second-order valence-corrected chi connectivity index (χ2v) is 4.05. The monoisotopic (exact) mass is 227 g/mol. The van der Waals surface area contributed by atoms with Crippen LogP contribution < -0.4 is 10.6 Å². The largest absolute Gasteiger partial charge is 0.344 e. The molecule has 0 radical (unpaired) electrons. The summed E-state index contributed by atoms with van der Waals surface area (Å²) >= 11 is 0. The predicted molar refractivity (Wildman–Crippen MR) is 71.4 cm³/mol. The molecular weight excluding hydrogens is 210 g/mol. The average Bonchev–Trinajstić information content (AvgIpc) is 2.38. The molecule has 0 unspecified atom stereocenters. The molecule has 1 heterocycles. The van der Waals surface area contributed by atoms with E-state index in [4.69, 9.17) is 5.73 Å². The van der Waals surface area contributed by atoms with E-state index >= 15 is 0 Å². The van der Waals surface area contributed by atoms with Crippen LogP contribution in [0.4, 0.5) is 11.4 Å².